The van der Waals surface area contributed by atoms with E-state index in [2.05, 4.69) is 37.9 Å². The van der Waals surface area contributed by atoms with E-state index in [1.54, 1.807) is 0 Å². The van der Waals surface area contributed by atoms with Gasteiger partial charge in [-0.2, -0.15) is 13.2 Å². The Balaban J connectivity index is 2.76. The summed E-state index contributed by atoms with van der Waals surface area (Å²) in [7, 11) is 0. The Morgan fingerprint density at radius 2 is 1.84 bits per heavy atom. The van der Waals surface area contributed by atoms with Crippen molar-refractivity contribution < 1.29 is 13.2 Å². The van der Waals surface area contributed by atoms with Gasteiger partial charge in [0.2, 0.25) is 0 Å². The van der Waals surface area contributed by atoms with E-state index in [0.717, 1.165) is 25.9 Å². The number of nitrogens with one attached hydrogen (secondary N) is 1. The van der Waals surface area contributed by atoms with Gasteiger partial charge in [-0.3, -0.25) is 4.90 Å². The lowest BCUT2D eigenvalue weighted by Gasteiger charge is -2.50. The summed E-state index contributed by atoms with van der Waals surface area (Å²) >= 11 is 0. The second-order valence-corrected chi connectivity index (χ2v) is 5.97. The molecule has 1 saturated heterocycles. The van der Waals surface area contributed by atoms with Gasteiger partial charge in [-0.25, -0.2) is 0 Å². The second-order valence-electron chi connectivity index (χ2n) is 5.97. The van der Waals surface area contributed by atoms with E-state index in [4.69, 9.17) is 0 Å². The van der Waals surface area contributed by atoms with Gasteiger partial charge in [0, 0.05) is 31.2 Å². The SMILES string of the molecule is CCC1(CC)CNC(C(C)C)CN1CCC(F)(F)F. The first kappa shape index (κ1) is 16.8. The smallest absolute Gasteiger partial charge is 0.311 e. The molecule has 1 heterocycles. The van der Waals surface area contributed by atoms with E-state index in [0.29, 0.717) is 12.0 Å². The molecule has 0 aromatic rings. The minimum atomic E-state index is -4.06. The maximum atomic E-state index is 12.5. The number of hydrogen-bond acceptors (Lipinski definition) is 2. The lowest BCUT2D eigenvalue weighted by atomic mass is 9.85. The molecule has 1 N–H and O–H groups in total. The summed E-state index contributed by atoms with van der Waals surface area (Å²) in [5.41, 5.74) is -0.114. The number of piperazine rings is 1. The lowest BCUT2D eigenvalue weighted by Crippen LogP contribution is -2.65. The topological polar surface area (TPSA) is 15.3 Å². The largest absolute Gasteiger partial charge is 0.390 e. The van der Waals surface area contributed by atoms with Crippen molar-refractivity contribution in [1.29, 1.82) is 0 Å². The van der Waals surface area contributed by atoms with Crippen LogP contribution in [-0.2, 0) is 0 Å². The molecule has 19 heavy (non-hydrogen) atoms. The number of hydrogen-bond donors (Lipinski definition) is 1. The van der Waals surface area contributed by atoms with Gasteiger partial charge in [0.25, 0.3) is 0 Å². The summed E-state index contributed by atoms with van der Waals surface area (Å²) in [5, 5.41) is 3.52. The van der Waals surface area contributed by atoms with Gasteiger partial charge >= 0.3 is 6.18 Å². The zero-order chi connectivity index (χ0) is 14.7. The van der Waals surface area contributed by atoms with Crippen LogP contribution in [0.2, 0.25) is 0 Å². The van der Waals surface area contributed by atoms with Gasteiger partial charge in [-0.05, 0) is 18.8 Å². The highest BCUT2D eigenvalue weighted by atomic mass is 19.4. The molecule has 0 aromatic carbocycles. The van der Waals surface area contributed by atoms with E-state index in [1.807, 2.05) is 0 Å². The first-order chi connectivity index (χ1) is 8.74. The minimum absolute atomic E-state index is 0.114. The zero-order valence-corrected chi connectivity index (χ0v) is 12.5. The normalized spacial score (nSPS) is 24.9. The highest BCUT2D eigenvalue weighted by molar-refractivity contribution is 4.98. The summed E-state index contributed by atoms with van der Waals surface area (Å²) in [6.45, 7) is 10.0. The van der Waals surface area contributed by atoms with Crippen molar-refractivity contribution in [2.75, 3.05) is 19.6 Å². The van der Waals surface area contributed by atoms with E-state index in [-0.39, 0.29) is 12.1 Å². The molecule has 0 bridgehead atoms. The maximum absolute atomic E-state index is 12.5. The van der Waals surface area contributed by atoms with E-state index in [9.17, 15) is 13.2 Å². The van der Waals surface area contributed by atoms with E-state index in [1.165, 1.54) is 0 Å². The Hall–Kier alpha value is -0.290. The number of halogens is 3. The van der Waals surface area contributed by atoms with Gasteiger partial charge in [0.1, 0.15) is 0 Å². The van der Waals surface area contributed by atoms with Gasteiger partial charge in [0.15, 0.2) is 0 Å². The molecule has 1 aliphatic rings. The van der Waals surface area contributed by atoms with Crippen molar-refractivity contribution in [1.82, 2.24) is 10.2 Å². The van der Waals surface area contributed by atoms with E-state index < -0.39 is 12.6 Å². The molecule has 0 radical (unpaired) electrons. The zero-order valence-electron chi connectivity index (χ0n) is 12.5. The summed E-state index contributed by atoms with van der Waals surface area (Å²) in [5.74, 6) is 0.445. The third-order valence-electron chi connectivity index (χ3n) is 4.57. The monoisotopic (exact) mass is 280 g/mol. The van der Waals surface area contributed by atoms with Crippen LogP contribution in [-0.4, -0.2) is 42.3 Å². The first-order valence-electron chi connectivity index (χ1n) is 7.29. The quantitative estimate of drug-likeness (QED) is 0.830. The third kappa shape index (κ3) is 4.35. The van der Waals surface area contributed by atoms with Gasteiger partial charge in [-0.15, -0.1) is 0 Å². The van der Waals surface area contributed by atoms with Crippen molar-refractivity contribution in [3.05, 3.63) is 0 Å². The van der Waals surface area contributed by atoms with Crippen molar-refractivity contribution >= 4 is 0 Å². The summed E-state index contributed by atoms with van der Waals surface area (Å²) in [4.78, 5) is 2.07. The average molecular weight is 280 g/mol. The van der Waals surface area contributed by atoms with Gasteiger partial charge in [0.05, 0.1) is 6.42 Å². The molecule has 2 nitrogen and oxygen atoms in total. The Morgan fingerprint density at radius 3 is 2.26 bits per heavy atom. The number of nitrogens with zero attached hydrogens (tertiary/aromatic N) is 1. The van der Waals surface area contributed by atoms with Crippen LogP contribution < -0.4 is 5.32 Å². The van der Waals surface area contributed by atoms with Crippen LogP contribution in [0, 0.1) is 5.92 Å². The Kier molecular flexibility index (Phi) is 5.68. The van der Waals surface area contributed by atoms with Crippen LogP contribution in [0.3, 0.4) is 0 Å². The molecule has 1 aliphatic heterocycles. The molecule has 114 valence electrons. The van der Waals surface area contributed by atoms with Crippen LogP contribution in [0.15, 0.2) is 0 Å². The average Bonchev–Trinajstić information content (AvgIpc) is 2.34. The number of alkyl halides is 3. The van der Waals surface area contributed by atoms with Crippen LogP contribution >= 0.6 is 0 Å². The summed E-state index contributed by atoms with van der Waals surface area (Å²) in [6, 6.07) is 0.291. The molecule has 0 aromatic heterocycles. The number of rotatable bonds is 5. The van der Waals surface area contributed by atoms with Crippen LogP contribution in [0.5, 0.6) is 0 Å². The fourth-order valence-corrected chi connectivity index (χ4v) is 2.91. The van der Waals surface area contributed by atoms with E-state index >= 15 is 0 Å². The fourth-order valence-electron chi connectivity index (χ4n) is 2.91. The molecule has 0 spiro atoms. The van der Waals surface area contributed by atoms with Crippen molar-refractivity contribution in [2.24, 2.45) is 5.92 Å². The maximum Gasteiger partial charge on any atom is 0.390 e. The lowest BCUT2D eigenvalue weighted by molar-refractivity contribution is -0.143. The standard InChI is InChI=1S/C14H27F3N2/c1-5-13(6-2)10-18-12(11(3)4)9-19(13)8-7-14(15,16)17/h11-12,18H,5-10H2,1-4H3. The highest BCUT2D eigenvalue weighted by Crippen LogP contribution is 2.30. The molecule has 1 fully saturated rings. The van der Waals surface area contributed by atoms with Crippen LogP contribution in [0.25, 0.3) is 0 Å². The van der Waals surface area contributed by atoms with Crippen LogP contribution in [0.4, 0.5) is 13.2 Å². The molecule has 1 rings (SSSR count). The second kappa shape index (κ2) is 6.44. The van der Waals surface area contributed by atoms with Crippen molar-refractivity contribution in [2.45, 2.75) is 64.7 Å². The van der Waals surface area contributed by atoms with Gasteiger partial charge < -0.3 is 5.32 Å². The molecule has 5 heteroatoms. The Morgan fingerprint density at radius 1 is 1.26 bits per heavy atom. The summed E-state index contributed by atoms with van der Waals surface area (Å²) in [6.07, 6.45) is -3.00. The minimum Gasteiger partial charge on any atom is -0.311 e. The molecule has 1 atom stereocenters. The third-order valence-corrected chi connectivity index (χ3v) is 4.57. The molecule has 0 saturated carbocycles. The predicted molar refractivity (Wildman–Crippen MR) is 72.2 cm³/mol. The fraction of sp³-hybridized carbons (Fsp3) is 1.00. The molecule has 1 unspecified atom stereocenters. The molecular weight excluding hydrogens is 253 g/mol. The summed E-state index contributed by atoms with van der Waals surface area (Å²) < 4.78 is 37.5. The molecule has 0 amide bonds. The molecule has 0 aliphatic carbocycles. The highest BCUT2D eigenvalue weighted by Gasteiger charge is 2.41. The van der Waals surface area contributed by atoms with Gasteiger partial charge in [-0.1, -0.05) is 27.7 Å². The molecular formula is C14H27F3N2. The predicted octanol–water partition coefficient (Wildman–Crippen LogP) is 3.43. The van der Waals surface area contributed by atoms with Crippen molar-refractivity contribution in [3.8, 4) is 0 Å². The Bertz CT molecular complexity index is 272. The van der Waals surface area contributed by atoms with Crippen LogP contribution in [0.1, 0.15) is 47.0 Å². The first-order valence-corrected chi connectivity index (χ1v) is 7.29. The Labute approximate surface area is 114 Å². The van der Waals surface area contributed by atoms with Crippen molar-refractivity contribution in [3.63, 3.8) is 0 Å².